The van der Waals surface area contributed by atoms with Crippen molar-refractivity contribution in [3.05, 3.63) is 83.4 Å². The van der Waals surface area contributed by atoms with Crippen molar-refractivity contribution >= 4 is 5.91 Å². The normalized spacial score (nSPS) is 18.1. The van der Waals surface area contributed by atoms with Crippen molar-refractivity contribution in [2.45, 2.75) is 57.7 Å². The highest BCUT2D eigenvalue weighted by atomic mass is 16.2. The van der Waals surface area contributed by atoms with E-state index in [1.807, 2.05) is 29.9 Å². The lowest BCUT2D eigenvalue weighted by Crippen LogP contribution is -2.50. The molecule has 1 amide bonds. The van der Waals surface area contributed by atoms with Gasteiger partial charge < -0.3 is 4.90 Å². The van der Waals surface area contributed by atoms with Crippen molar-refractivity contribution in [1.82, 2.24) is 24.6 Å². The Balaban J connectivity index is 1.34. The topological polar surface area (TPSA) is 54.3 Å². The summed E-state index contributed by atoms with van der Waals surface area (Å²) in [5.41, 5.74) is 4.30. The third-order valence-electron chi connectivity index (χ3n) is 7.39. The number of benzene rings is 1. The minimum absolute atomic E-state index is 0.0949. The molecule has 2 aromatic heterocycles. The number of nitrogens with zero attached hydrogens (tertiary/aromatic N) is 5. The summed E-state index contributed by atoms with van der Waals surface area (Å²) in [4.78, 5) is 22.8. The molecule has 1 aromatic carbocycles. The minimum atomic E-state index is 0.0949. The third-order valence-corrected chi connectivity index (χ3v) is 7.39. The van der Waals surface area contributed by atoms with Crippen molar-refractivity contribution in [2.75, 3.05) is 13.1 Å². The van der Waals surface area contributed by atoms with Crippen molar-refractivity contribution in [1.29, 1.82) is 0 Å². The van der Waals surface area contributed by atoms with Crippen LogP contribution in [0, 0.1) is 12.8 Å². The molecule has 1 saturated heterocycles. The maximum absolute atomic E-state index is 13.7. The van der Waals surface area contributed by atoms with E-state index < -0.39 is 0 Å². The zero-order chi connectivity index (χ0) is 23.5. The van der Waals surface area contributed by atoms with E-state index >= 15 is 0 Å². The predicted octanol–water partition coefficient (Wildman–Crippen LogP) is 4.25. The first kappa shape index (κ1) is 22.8. The molecule has 2 aliphatic rings. The second-order valence-corrected chi connectivity index (χ2v) is 9.94. The quantitative estimate of drug-likeness (QED) is 0.507. The lowest BCUT2D eigenvalue weighted by Gasteiger charge is -2.41. The summed E-state index contributed by atoms with van der Waals surface area (Å²) in [6.07, 6.45) is 9.18. The van der Waals surface area contributed by atoms with Gasteiger partial charge in [0.05, 0.1) is 5.69 Å². The van der Waals surface area contributed by atoms with Gasteiger partial charge >= 0.3 is 0 Å². The fraction of sp³-hybridized carbons (Fsp3) is 0.464. The number of pyridine rings is 1. The molecule has 1 aliphatic carbocycles. The number of hydrogen-bond acceptors (Lipinski definition) is 4. The summed E-state index contributed by atoms with van der Waals surface area (Å²) in [7, 11) is 1.99. The Bertz CT molecular complexity index is 1080. The van der Waals surface area contributed by atoms with Crippen LogP contribution >= 0.6 is 0 Å². The number of carbonyl (C=O) groups is 1. The molecule has 5 rings (SSSR count). The van der Waals surface area contributed by atoms with Crippen LogP contribution in [-0.4, -0.2) is 55.6 Å². The van der Waals surface area contributed by atoms with E-state index in [1.165, 1.54) is 11.1 Å². The van der Waals surface area contributed by atoms with Gasteiger partial charge in [-0.05, 0) is 75.7 Å². The van der Waals surface area contributed by atoms with Crippen molar-refractivity contribution in [3.8, 4) is 0 Å². The molecule has 3 heterocycles. The molecule has 1 saturated carbocycles. The third kappa shape index (κ3) is 5.22. The number of aromatic nitrogens is 3. The molecule has 3 aromatic rings. The van der Waals surface area contributed by atoms with E-state index in [2.05, 4.69) is 63.3 Å². The first-order chi connectivity index (χ1) is 16.6. The van der Waals surface area contributed by atoms with Crippen LogP contribution in [0.25, 0.3) is 0 Å². The van der Waals surface area contributed by atoms with Gasteiger partial charge in [-0.1, -0.05) is 36.4 Å². The van der Waals surface area contributed by atoms with Crippen LogP contribution in [-0.2, 0) is 20.0 Å². The van der Waals surface area contributed by atoms with E-state index in [0.717, 1.165) is 57.4 Å². The molecule has 0 radical (unpaired) electrons. The molecule has 0 bridgehead atoms. The number of likely N-dealkylation sites (tertiary alicyclic amines) is 1. The molecule has 1 aliphatic heterocycles. The van der Waals surface area contributed by atoms with Gasteiger partial charge in [-0.25, -0.2) is 0 Å². The van der Waals surface area contributed by atoms with Gasteiger partial charge in [0.25, 0.3) is 5.91 Å². The molecular formula is C28H35N5O. The van der Waals surface area contributed by atoms with E-state index in [-0.39, 0.29) is 11.9 Å². The first-order valence-electron chi connectivity index (χ1n) is 12.6. The largest absolute Gasteiger partial charge is 0.331 e. The Morgan fingerprint density at radius 3 is 2.41 bits per heavy atom. The lowest BCUT2D eigenvalue weighted by molar-refractivity contribution is 0.0477. The molecule has 34 heavy (non-hydrogen) atoms. The summed E-state index contributed by atoms with van der Waals surface area (Å²) in [5.74, 6) is 0.581. The second kappa shape index (κ2) is 10.1. The maximum Gasteiger partial charge on any atom is 0.272 e. The molecule has 6 nitrogen and oxygen atoms in total. The summed E-state index contributed by atoms with van der Waals surface area (Å²) in [6.45, 7) is 5.16. The zero-order valence-electron chi connectivity index (χ0n) is 20.3. The Morgan fingerprint density at radius 1 is 1.06 bits per heavy atom. The van der Waals surface area contributed by atoms with Gasteiger partial charge in [-0.15, -0.1) is 0 Å². The Labute approximate surface area is 202 Å². The average molecular weight is 458 g/mol. The lowest BCUT2D eigenvalue weighted by atomic mass is 9.84. The van der Waals surface area contributed by atoms with Crippen molar-refractivity contribution in [3.63, 3.8) is 0 Å². The van der Waals surface area contributed by atoms with Gasteiger partial charge in [0, 0.05) is 43.6 Å². The van der Waals surface area contributed by atoms with Crippen molar-refractivity contribution < 1.29 is 4.79 Å². The van der Waals surface area contributed by atoms with Gasteiger partial charge in [-0.2, -0.15) is 5.10 Å². The highest BCUT2D eigenvalue weighted by Gasteiger charge is 2.42. The van der Waals surface area contributed by atoms with Crippen LogP contribution in [0.4, 0.5) is 0 Å². The van der Waals surface area contributed by atoms with Crippen LogP contribution in [0.3, 0.4) is 0 Å². The molecule has 0 N–H and O–H groups in total. The second-order valence-electron chi connectivity index (χ2n) is 9.94. The fourth-order valence-corrected chi connectivity index (χ4v) is 5.45. The number of carbonyl (C=O) groups excluding carboxylic acids is 1. The number of rotatable bonds is 8. The maximum atomic E-state index is 13.7. The summed E-state index contributed by atoms with van der Waals surface area (Å²) >= 11 is 0. The molecular weight excluding hydrogens is 422 g/mol. The number of hydrogen-bond donors (Lipinski definition) is 0. The molecule has 0 spiro atoms. The zero-order valence-corrected chi connectivity index (χ0v) is 20.3. The molecule has 178 valence electrons. The predicted molar refractivity (Wildman–Crippen MR) is 133 cm³/mol. The number of aryl methyl sites for hydroxylation is 2. The Hall–Kier alpha value is -2.99. The summed E-state index contributed by atoms with van der Waals surface area (Å²) < 4.78 is 1.91. The van der Waals surface area contributed by atoms with Crippen LogP contribution in [0.2, 0.25) is 0 Å². The minimum Gasteiger partial charge on any atom is -0.331 e. The van der Waals surface area contributed by atoms with Crippen LogP contribution in [0.1, 0.15) is 53.0 Å². The van der Waals surface area contributed by atoms with E-state index in [9.17, 15) is 4.79 Å². The molecule has 2 fully saturated rings. The standard InChI is InChI=1S/C28H35N5O/c1-21-24(19-31(2)30-21)20-32-16-13-23(14-17-32)27(18-22-8-4-3-5-9-22)33(25-11-12-25)28(34)26-10-6-7-15-29-26/h3-10,15,19,23,25,27H,11-14,16-18,20H2,1-2H3/t27-/m0/s1. The van der Waals surface area contributed by atoms with Crippen molar-refractivity contribution in [2.24, 2.45) is 13.0 Å². The monoisotopic (exact) mass is 457 g/mol. The van der Waals surface area contributed by atoms with Gasteiger partial charge in [0.1, 0.15) is 5.69 Å². The average Bonchev–Trinajstić information content (AvgIpc) is 3.64. The molecule has 1 atom stereocenters. The van der Waals surface area contributed by atoms with Crippen LogP contribution in [0.15, 0.2) is 60.9 Å². The fourth-order valence-electron chi connectivity index (χ4n) is 5.45. The Morgan fingerprint density at radius 2 is 1.79 bits per heavy atom. The number of piperidine rings is 1. The first-order valence-corrected chi connectivity index (χ1v) is 12.6. The highest BCUT2D eigenvalue weighted by Crippen LogP contribution is 2.36. The highest BCUT2D eigenvalue weighted by molar-refractivity contribution is 5.93. The van der Waals surface area contributed by atoms with Gasteiger partial charge in [0.15, 0.2) is 0 Å². The molecule has 0 unspecified atom stereocenters. The van der Waals surface area contributed by atoms with E-state index in [1.54, 1.807) is 6.20 Å². The van der Waals surface area contributed by atoms with Gasteiger partial charge in [0.2, 0.25) is 0 Å². The Kier molecular flexibility index (Phi) is 6.77. The SMILES string of the molecule is Cc1nn(C)cc1CN1CCC([C@H](Cc2ccccc2)N(C(=O)c2ccccn2)C2CC2)CC1. The number of amides is 1. The van der Waals surface area contributed by atoms with E-state index in [4.69, 9.17) is 0 Å². The van der Waals surface area contributed by atoms with E-state index in [0.29, 0.717) is 17.7 Å². The van der Waals surface area contributed by atoms with Gasteiger partial charge in [-0.3, -0.25) is 19.4 Å². The van der Waals surface area contributed by atoms with Crippen LogP contribution in [0.5, 0.6) is 0 Å². The van der Waals surface area contributed by atoms with Crippen LogP contribution < -0.4 is 0 Å². The smallest absolute Gasteiger partial charge is 0.272 e. The summed E-state index contributed by atoms with van der Waals surface area (Å²) in [6, 6.07) is 16.9. The summed E-state index contributed by atoms with van der Waals surface area (Å²) in [5, 5.41) is 4.50. The molecule has 6 heteroatoms.